The number of aromatic nitrogens is 4. The van der Waals surface area contributed by atoms with Gasteiger partial charge in [0.25, 0.3) is 0 Å². The van der Waals surface area contributed by atoms with Crippen molar-refractivity contribution in [1.29, 1.82) is 0 Å². The third kappa shape index (κ3) is 3.74. The average Bonchev–Trinajstić information content (AvgIpc) is 3.64. The molecular weight excluding hydrogens is 531 g/mol. The predicted molar refractivity (Wildman–Crippen MR) is 167 cm³/mol. The number of nitrogens with one attached hydrogen (secondary N) is 2. The fourth-order valence-corrected chi connectivity index (χ4v) is 6.14. The lowest BCUT2D eigenvalue weighted by atomic mass is 9.96. The van der Waals surface area contributed by atoms with E-state index in [9.17, 15) is 4.39 Å². The Morgan fingerprint density at radius 1 is 0.732 bits per heavy atom. The molecule has 0 atom stereocenters. The van der Waals surface area contributed by atoms with E-state index in [0.717, 1.165) is 60.5 Å². The molecule has 4 nitrogen and oxygen atoms in total. The van der Waals surface area contributed by atoms with Gasteiger partial charge in [0.1, 0.15) is 5.82 Å². The van der Waals surface area contributed by atoms with E-state index in [1.807, 2.05) is 30.5 Å². The highest BCUT2D eigenvalue weighted by atomic mass is 35.5. The average molecular weight is 553 g/mol. The molecule has 0 aliphatic rings. The first-order valence-corrected chi connectivity index (χ1v) is 13.8. The largest absolute Gasteiger partial charge is 0.360 e. The Hall–Kier alpha value is -5.00. The van der Waals surface area contributed by atoms with Gasteiger partial charge in [-0.15, -0.1) is 0 Å². The van der Waals surface area contributed by atoms with Crippen LogP contribution in [0.5, 0.6) is 0 Å². The van der Waals surface area contributed by atoms with Crippen molar-refractivity contribution in [1.82, 2.24) is 19.9 Å². The van der Waals surface area contributed by atoms with E-state index in [4.69, 9.17) is 21.6 Å². The quantitative estimate of drug-likeness (QED) is 0.229. The molecule has 6 heteroatoms. The molecule has 0 aliphatic heterocycles. The molecule has 0 bridgehead atoms. The van der Waals surface area contributed by atoms with Gasteiger partial charge in [0, 0.05) is 56.8 Å². The minimum absolute atomic E-state index is 0.330. The zero-order valence-corrected chi connectivity index (χ0v) is 22.7. The van der Waals surface area contributed by atoms with Gasteiger partial charge in [-0.05, 0) is 71.5 Å². The van der Waals surface area contributed by atoms with Gasteiger partial charge in [-0.3, -0.25) is 4.98 Å². The van der Waals surface area contributed by atoms with Crippen molar-refractivity contribution in [3.05, 3.63) is 120 Å². The van der Waals surface area contributed by atoms with Crippen molar-refractivity contribution in [3.63, 3.8) is 0 Å². The molecule has 0 unspecified atom stereocenters. The summed E-state index contributed by atoms with van der Waals surface area (Å²) in [6, 6.07) is 28.0. The number of aryl methyl sites for hydroxylation is 1. The van der Waals surface area contributed by atoms with Crippen LogP contribution < -0.4 is 0 Å². The number of hydrogen-bond donors (Lipinski definition) is 2. The lowest BCUT2D eigenvalue weighted by Gasteiger charge is -2.09. The number of pyridine rings is 2. The summed E-state index contributed by atoms with van der Waals surface area (Å²) in [6.45, 7) is 2.12. The topological polar surface area (TPSA) is 57.4 Å². The molecule has 8 aromatic rings. The molecule has 0 saturated heterocycles. The molecule has 8 rings (SSSR count). The number of halogens is 2. The third-order valence-electron chi connectivity index (χ3n) is 7.95. The summed E-state index contributed by atoms with van der Waals surface area (Å²) >= 11 is 6.31. The van der Waals surface area contributed by atoms with Crippen LogP contribution in [0.2, 0.25) is 5.02 Å². The van der Waals surface area contributed by atoms with Crippen LogP contribution in [0.3, 0.4) is 0 Å². The van der Waals surface area contributed by atoms with Crippen molar-refractivity contribution in [2.75, 3.05) is 0 Å². The zero-order chi connectivity index (χ0) is 27.7. The summed E-state index contributed by atoms with van der Waals surface area (Å²) in [5, 5.41) is 5.34. The fourth-order valence-electron chi connectivity index (χ4n) is 5.93. The van der Waals surface area contributed by atoms with Crippen LogP contribution in [0.4, 0.5) is 4.39 Å². The number of nitrogens with zero attached hydrogens (tertiary/aromatic N) is 2. The van der Waals surface area contributed by atoms with Crippen LogP contribution in [-0.2, 0) is 0 Å². The molecule has 4 heterocycles. The molecule has 0 radical (unpaired) electrons. The van der Waals surface area contributed by atoms with Crippen molar-refractivity contribution in [2.24, 2.45) is 0 Å². The molecular formula is C35H22ClFN4. The normalized spacial score (nSPS) is 11.8. The van der Waals surface area contributed by atoms with Crippen molar-refractivity contribution in [3.8, 4) is 33.6 Å². The Bertz CT molecular complexity index is 2310. The zero-order valence-electron chi connectivity index (χ0n) is 22.0. The second-order valence-corrected chi connectivity index (χ2v) is 10.8. The van der Waals surface area contributed by atoms with Gasteiger partial charge >= 0.3 is 0 Å². The Kier molecular flexibility index (Phi) is 5.24. The molecule has 0 aliphatic carbocycles. The number of aromatic amines is 2. The first kappa shape index (κ1) is 23.9. The third-order valence-corrected chi connectivity index (χ3v) is 8.27. The number of fused-ring (bicyclic) bond motifs is 4. The standard InChI is InChI=1S/C35H22ClFN4/c1-19-14-23(15-25-26(17-39-33(19)25)34-24-5-3-2-4-20(24)12-13-38-34)22-7-6-21-8-11-30(41-31(21)16-22)27-18-40-35-28(36)9-10-29(37)32(27)35/h2-18,39-40H,1H3. The Morgan fingerprint density at radius 2 is 1.56 bits per heavy atom. The summed E-state index contributed by atoms with van der Waals surface area (Å²) < 4.78 is 14.8. The maximum absolute atomic E-state index is 14.8. The lowest BCUT2D eigenvalue weighted by molar-refractivity contribution is 0.640. The van der Waals surface area contributed by atoms with Gasteiger partial charge in [0.15, 0.2) is 0 Å². The SMILES string of the molecule is Cc1cc(-c2ccc3ccc(-c4c[nH]c5c(Cl)ccc(F)c45)nc3c2)cc2c(-c3nccc4ccccc34)c[nH]c12. The van der Waals surface area contributed by atoms with Gasteiger partial charge in [-0.25, -0.2) is 9.37 Å². The summed E-state index contributed by atoms with van der Waals surface area (Å²) in [6.07, 6.45) is 5.69. The highest BCUT2D eigenvalue weighted by Crippen LogP contribution is 2.38. The number of H-pyrrole nitrogens is 2. The van der Waals surface area contributed by atoms with Gasteiger partial charge in [0.05, 0.1) is 27.4 Å². The summed E-state index contributed by atoms with van der Waals surface area (Å²) in [7, 11) is 0. The number of rotatable bonds is 3. The summed E-state index contributed by atoms with van der Waals surface area (Å²) in [4.78, 5) is 16.3. The van der Waals surface area contributed by atoms with E-state index < -0.39 is 0 Å². The van der Waals surface area contributed by atoms with Crippen LogP contribution in [0.25, 0.3) is 77.1 Å². The predicted octanol–water partition coefficient (Wildman–Crippen LogP) is 9.85. The lowest BCUT2D eigenvalue weighted by Crippen LogP contribution is -1.88. The summed E-state index contributed by atoms with van der Waals surface area (Å²) in [5.41, 5.74) is 9.20. The minimum Gasteiger partial charge on any atom is -0.360 e. The van der Waals surface area contributed by atoms with E-state index in [-0.39, 0.29) is 5.82 Å². The van der Waals surface area contributed by atoms with E-state index in [0.29, 0.717) is 27.2 Å². The van der Waals surface area contributed by atoms with Crippen LogP contribution >= 0.6 is 11.6 Å². The molecule has 2 N–H and O–H groups in total. The molecule has 0 spiro atoms. The molecule has 4 aromatic heterocycles. The molecule has 0 saturated carbocycles. The van der Waals surface area contributed by atoms with Gasteiger partial charge in [0.2, 0.25) is 0 Å². The van der Waals surface area contributed by atoms with Gasteiger partial charge < -0.3 is 9.97 Å². The van der Waals surface area contributed by atoms with Crippen LogP contribution in [0.1, 0.15) is 5.56 Å². The van der Waals surface area contributed by atoms with Gasteiger partial charge in [-0.1, -0.05) is 54.1 Å². The van der Waals surface area contributed by atoms with Crippen LogP contribution in [0.15, 0.2) is 104 Å². The molecule has 4 aromatic carbocycles. The van der Waals surface area contributed by atoms with Crippen molar-refractivity contribution in [2.45, 2.75) is 6.92 Å². The van der Waals surface area contributed by atoms with E-state index in [1.54, 1.807) is 12.3 Å². The van der Waals surface area contributed by atoms with E-state index in [2.05, 4.69) is 71.6 Å². The first-order chi connectivity index (χ1) is 20.0. The fraction of sp³-hybridized carbons (Fsp3) is 0.0286. The van der Waals surface area contributed by atoms with Crippen molar-refractivity contribution >= 4 is 55.1 Å². The van der Waals surface area contributed by atoms with Crippen LogP contribution in [0, 0.1) is 12.7 Å². The Balaban J connectivity index is 1.28. The van der Waals surface area contributed by atoms with Crippen LogP contribution in [-0.4, -0.2) is 19.9 Å². The minimum atomic E-state index is -0.330. The molecule has 41 heavy (non-hydrogen) atoms. The number of hydrogen-bond acceptors (Lipinski definition) is 2. The maximum atomic E-state index is 14.8. The second kappa shape index (κ2) is 9.01. The first-order valence-electron chi connectivity index (χ1n) is 13.4. The Morgan fingerprint density at radius 3 is 2.49 bits per heavy atom. The highest BCUT2D eigenvalue weighted by Gasteiger charge is 2.16. The summed E-state index contributed by atoms with van der Waals surface area (Å²) in [5.74, 6) is -0.330. The smallest absolute Gasteiger partial charge is 0.133 e. The molecule has 196 valence electrons. The van der Waals surface area contributed by atoms with Gasteiger partial charge in [-0.2, -0.15) is 0 Å². The second-order valence-electron chi connectivity index (χ2n) is 10.4. The highest BCUT2D eigenvalue weighted by molar-refractivity contribution is 6.35. The van der Waals surface area contributed by atoms with E-state index >= 15 is 0 Å². The van der Waals surface area contributed by atoms with Crippen molar-refractivity contribution < 1.29 is 4.39 Å². The maximum Gasteiger partial charge on any atom is 0.133 e. The van der Waals surface area contributed by atoms with E-state index in [1.165, 1.54) is 6.07 Å². The molecule has 0 fully saturated rings. The Labute approximate surface area is 239 Å². The monoisotopic (exact) mass is 552 g/mol. The number of benzene rings is 4. The molecule has 0 amide bonds.